The first-order chi connectivity index (χ1) is 13.7. The van der Waals surface area contributed by atoms with Crippen molar-refractivity contribution in [2.45, 2.75) is 57.7 Å². The third-order valence-electron chi connectivity index (χ3n) is 4.57. The normalized spacial score (nSPS) is 13.5. The van der Waals surface area contributed by atoms with Crippen LogP contribution in [0.3, 0.4) is 0 Å². The molecule has 1 amide bonds. The third-order valence-corrected chi connectivity index (χ3v) is 7.38. The Kier molecular flexibility index (Phi) is 6.07. The molecule has 0 fully saturated rings. The molecule has 0 aromatic carbocycles. The predicted octanol–water partition coefficient (Wildman–Crippen LogP) is 4.19. The van der Waals surface area contributed by atoms with Crippen LogP contribution >= 0.6 is 34.4 Å². The predicted molar refractivity (Wildman–Crippen MR) is 114 cm³/mol. The first-order valence-corrected chi connectivity index (χ1v) is 12.1. The lowest BCUT2D eigenvalue weighted by Gasteiger charge is -2.13. The Morgan fingerprint density at radius 3 is 2.89 bits per heavy atom. The SMILES string of the molecule is CCCn1c(SCC(=O)Nc2nnc(C)s2)nnc1-c1csc2c1CCCC2. The Labute approximate surface area is 176 Å². The fourth-order valence-electron chi connectivity index (χ4n) is 3.33. The maximum Gasteiger partial charge on any atom is 0.236 e. The summed E-state index contributed by atoms with van der Waals surface area (Å²) < 4.78 is 2.16. The fraction of sp³-hybridized carbons (Fsp3) is 0.500. The van der Waals surface area contributed by atoms with Crippen LogP contribution in [0.25, 0.3) is 11.4 Å². The second-order valence-electron chi connectivity index (χ2n) is 6.68. The number of thioether (sulfide) groups is 1. The minimum Gasteiger partial charge on any atom is -0.302 e. The lowest BCUT2D eigenvalue weighted by molar-refractivity contribution is -0.113. The zero-order chi connectivity index (χ0) is 19.5. The highest BCUT2D eigenvalue weighted by atomic mass is 32.2. The van der Waals surface area contributed by atoms with Crippen molar-refractivity contribution in [2.75, 3.05) is 11.1 Å². The van der Waals surface area contributed by atoms with E-state index < -0.39 is 0 Å². The van der Waals surface area contributed by atoms with Crippen molar-refractivity contribution in [2.24, 2.45) is 0 Å². The Bertz CT molecular complexity index is 976. The van der Waals surface area contributed by atoms with Crippen molar-refractivity contribution in [3.05, 3.63) is 20.8 Å². The zero-order valence-corrected chi connectivity index (χ0v) is 18.3. The molecule has 0 aliphatic heterocycles. The second kappa shape index (κ2) is 8.71. The first-order valence-electron chi connectivity index (χ1n) is 9.41. The lowest BCUT2D eigenvalue weighted by atomic mass is 9.95. The molecule has 0 atom stereocenters. The summed E-state index contributed by atoms with van der Waals surface area (Å²) in [7, 11) is 0. The molecule has 0 bridgehead atoms. The molecule has 0 unspecified atom stereocenters. The number of aromatic nitrogens is 5. The number of nitrogens with zero attached hydrogens (tertiary/aromatic N) is 5. The summed E-state index contributed by atoms with van der Waals surface area (Å²) in [6.07, 6.45) is 5.81. The quantitative estimate of drug-likeness (QED) is 0.561. The van der Waals surface area contributed by atoms with E-state index >= 15 is 0 Å². The first kappa shape index (κ1) is 19.5. The highest BCUT2D eigenvalue weighted by Gasteiger charge is 2.22. The Balaban J connectivity index is 1.50. The Morgan fingerprint density at radius 1 is 1.25 bits per heavy atom. The fourth-order valence-corrected chi connectivity index (χ4v) is 5.83. The average Bonchev–Trinajstić information content (AvgIpc) is 3.39. The molecule has 0 saturated heterocycles. The van der Waals surface area contributed by atoms with Crippen molar-refractivity contribution in [1.29, 1.82) is 0 Å². The minimum absolute atomic E-state index is 0.110. The highest BCUT2D eigenvalue weighted by Crippen LogP contribution is 2.36. The Hall–Kier alpha value is -1.78. The Morgan fingerprint density at radius 2 is 2.11 bits per heavy atom. The smallest absolute Gasteiger partial charge is 0.236 e. The molecular formula is C18H22N6OS3. The number of hydrogen-bond donors (Lipinski definition) is 1. The van der Waals surface area contributed by atoms with Crippen LogP contribution in [0.5, 0.6) is 0 Å². The van der Waals surface area contributed by atoms with Gasteiger partial charge in [0.25, 0.3) is 0 Å². The zero-order valence-electron chi connectivity index (χ0n) is 15.9. The standard InChI is InChI=1S/C18H22N6OS3/c1-3-8-24-16(13-9-26-14-7-5-4-6-12(13)14)21-23-18(24)27-10-15(25)19-17-22-20-11(2)28-17/h9H,3-8,10H2,1-2H3,(H,19,22,25). The number of hydrogen-bond acceptors (Lipinski definition) is 8. The van der Waals surface area contributed by atoms with Gasteiger partial charge in [0.15, 0.2) is 11.0 Å². The van der Waals surface area contributed by atoms with E-state index in [-0.39, 0.29) is 11.7 Å². The van der Waals surface area contributed by atoms with Gasteiger partial charge in [0.2, 0.25) is 11.0 Å². The monoisotopic (exact) mass is 434 g/mol. The van der Waals surface area contributed by atoms with E-state index in [2.05, 4.69) is 42.6 Å². The van der Waals surface area contributed by atoms with Gasteiger partial charge in [-0.25, -0.2) is 0 Å². The largest absolute Gasteiger partial charge is 0.302 e. The molecule has 0 radical (unpaired) electrons. The molecule has 148 valence electrons. The maximum atomic E-state index is 12.2. The van der Waals surface area contributed by atoms with Gasteiger partial charge < -0.3 is 4.57 Å². The van der Waals surface area contributed by atoms with Crippen LogP contribution in [0, 0.1) is 6.92 Å². The van der Waals surface area contributed by atoms with Gasteiger partial charge in [-0.05, 0) is 44.6 Å². The van der Waals surface area contributed by atoms with Gasteiger partial charge in [-0.15, -0.1) is 31.7 Å². The number of fused-ring (bicyclic) bond motifs is 1. The van der Waals surface area contributed by atoms with Crippen molar-refractivity contribution in [3.8, 4) is 11.4 Å². The lowest BCUT2D eigenvalue weighted by Crippen LogP contribution is -2.14. The molecule has 7 nitrogen and oxygen atoms in total. The number of rotatable bonds is 7. The number of amides is 1. The van der Waals surface area contributed by atoms with Gasteiger partial charge >= 0.3 is 0 Å². The summed E-state index contributed by atoms with van der Waals surface area (Å²) in [6, 6.07) is 0. The van der Waals surface area contributed by atoms with Crippen molar-refractivity contribution < 1.29 is 4.79 Å². The molecule has 1 aliphatic rings. The van der Waals surface area contributed by atoms with Crippen LogP contribution in [-0.4, -0.2) is 36.6 Å². The van der Waals surface area contributed by atoms with Gasteiger partial charge in [-0.2, -0.15) is 0 Å². The van der Waals surface area contributed by atoms with Crippen LogP contribution in [0.4, 0.5) is 5.13 Å². The highest BCUT2D eigenvalue weighted by molar-refractivity contribution is 7.99. The second-order valence-corrected chi connectivity index (χ2v) is 9.77. The summed E-state index contributed by atoms with van der Waals surface area (Å²) >= 11 is 4.62. The molecule has 3 aromatic heterocycles. The van der Waals surface area contributed by atoms with Gasteiger partial charge in [-0.1, -0.05) is 30.0 Å². The number of anilines is 1. The molecule has 28 heavy (non-hydrogen) atoms. The summed E-state index contributed by atoms with van der Waals surface area (Å²) in [5.74, 6) is 1.09. The summed E-state index contributed by atoms with van der Waals surface area (Å²) in [4.78, 5) is 13.7. The summed E-state index contributed by atoms with van der Waals surface area (Å²) in [5, 5.41) is 23.9. The van der Waals surface area contributed by atoms with E-state index in [4.69, 9.17) is 0 Å². The molecule has 10 heteroatoms. The van der Waals surface area contributed by atoms with Gasteiger partial charge in [-0.3, -0.25) is 10.1 Å². The van der Waals surface area contributed by atoms with E-state index in [9.17, 15) is 4.79 Å². The van der Waals surface area contributed by atoms with E-state index in [1.807, 2.05) is 18.3 Å². The molecule has 1 N–H and O–H groups in total. The average molecular weight is 435 g/mol. The molecule has 3 heterocycles. The van der Waals surface area contributed by atoms with Crippen molar-refractivity contribution in [3.63, 3.8) is 0 Å². The van der Waals surface area contributed by atoms with Crippen LogP contribution < -0.4 is 5.32 Å². The number of aryl methyl sites for hydroxylation is 2. The number of carbonyl (C=O) groups excluding carboxylic acids is 1. The van der Waals surface area contributed by atoms with Crippen molar-refractivity contribution in [1.82, 2.24) is 25.0 Å². The van der Waals surface area contributed by atoms with Crippen LogP contribution in [0.2, 0.25) is 0 Å². The molecule has 1 aliphatic carbocycles. The minimum atomic E-state index is -0.110. The van der Waals surface area contributed by atoms with Crippen LogP contribution in [0.1, 0.15) is 41.6 Å². The van der Waals surface area contributed by atoms with Crippen LogP contribution in [-0.2, 0) is 24.2 Å². The van der Waals surface area contributed by atoms with E-state index in [1.165, 1.54) is 58.4 Å². The summed E-state index contributed by atoms with van der Waals surface area (Å²) in [6.45, 7) is 4.85. The van der Waals surface area contributed by atoms with Crippen LogP contribution in [0.15, 0.2) is 10.5 Å². The molecule has 4 rings (SSSR count). The topological polar surface area (TPSA) is 85.6 Å². The summed E-state index contributed by atoms with van der Waals surface area (Å²) in [5.41, 5.74) is 2.67. The van der Waals surface area contributed by atoms with E-state index in [0.29, 0.717) is 5.13 Å². The number of carbonyl (C=O) groups is 1. The third kappa shape index (κ3) is 4.13. The van der Waals surface area contributed by atoms with Gasteiger partial charge in [0.05, 0.1) is 5.75 Å². The van der Waals surface area contributed by atoms with Gasteiger partial charge in [0, 0.05) is 22.4 Å². The molecule has 0 spiro atoms. The van der Waals surface area contributed by atoms with Gasteiger partial charge in [0.1, 0.15) is 5.01 Å². The van der Waals surface area contributed by atoms with Crippen molar-refractivity contribution >= 4 is 45.5 Å². The molecular weight excluding hydrogens is 412 g/mol. The number of nitrogens with one attached hydrogen (secondary N) is 1. The van der Waals surface area contributed by atoms with E-state index in [1.54, 1.807) is 0 Å². The molecule has 3 aromatic rings. The van der Waals surface area contributed by atoms with E-state index in [0.717, 1.165) is 35.4 Å². The number of thiophene rings is 1. The molecule has 0 saturated carbocycles. The maximum absolute atomic E-state index is 12.2.